The number of pyridine rings is 1. The van der Waals surface area contributed by atoms with Crippen molar-refractivity contribution >= 4 is 11.6 Å². The summed E-state index contributed by atoms with van der Waals surface area (Å²) in [6, 6.07) is 14.3. The van der Waals surface area contributed by atoms with Gasteiger partial charge in [0.1, 0.15) is 5.69 Å². The van der Waals surface area contributed by atoms with Crippen molar-refractivity contribution in [1.29, 1.82) is 0 Å². The molecular formula is C24H28N7O+. The van der Waals surface area contributed by atoms with Gasteiger partial charge in [-0.3, -0.25) is 10.7 Å². The van der Waals surface area contributed by atoms with Crippen LogP contribution in [0.3, 0.4) is 0 Å². The van der Waals surface area contributed by atoms with Crippen molar-refractivity contribution in [2.24, 2.45) is 0 Å². The van der Waals surface area contributed by atoms with Crippen molar-refractivity contribution in [1.82, 2.24) is 24.1 Å². The van der Waals surface area contributed by atoms with Crippen molar-refractivity contribution in [3.05, 3.63) is 64.3 Å². The molecule has 5 rings (SSSR count). The fourth-order valence-corrected chi connectivity index (χ4v) is 4.75. The summed E-state index contributed by atoms with van der Waals surface area (Å²) in [5.74, 6) is 0.265. The van der Waals surface area contributed by atoms with Crippen LogP contribution < -0.4 is 16.4 Å². The number of hydrogen-bond donors (Lipinski definition) is 1. The summed E-state index contributed by atoms with van der Waals surface area (Å²) in [4.78, 5) is 23.4. The van der Waals surface area contributed by atoms with Gasteiger partial charge in [0.05, 0.1) is 12.1 Å². The highest BCUT2D eigenvalue weighted by Gasteiger charge is 2.28. The van der Waals surface area contributed by atoms with Gasteiger partial charge in [0.15, 0.2) is 0 Å². The van der Waals surface area contributed by atoms with Gasteiger partial charge in [-0.2, -0.15) is 4.68 Å². The first kappa shape index (κ1) is 20.4. The number of nitrogen functional groups attached to an aromatic ring is 1. The van der Waals surface area contributed by atoms with E-state index >= 15 is 0 Å². The largest absolute Gasteiger partial charge is 0.411 e. The molecule has 1 atom stereocenters. The quantitative estimate of drug-likeness (QED) is 0.536. The third kappa shape index (κ3) is 3.46. The fourth-order valence-electron chi connectivity index (χ4n) is 4.75. The lowest BCUT2D eigenvalue weighted by Crippen LogP contribution is -2.34. The zero-order valence-electron chi connectivity index (χ0n) is 18.7. The normalized spacial score (nSPS) is 16.8. The lowest BCUT2D eigenvalue weighted by atomic mass is 9.99. The van der Waals surface area contributed by atoms with Gasteiger partial charge in [0.2, 0.25) is 5.65 Å². The Morgan fingerprint density at radius 1 is 1.12 bits per heavy atom. The molecule has 0 amide bonds. The first-order valence-corrected chi connectivity index (χ1v) is 11.0. The Balaban J connectivity index is 1.80. The number of likely N-dealkylation sites (N-methyl/N-ethyl adjacent to an activating group) is 1. The van der Waals surface area contributed by atoms with Gasteiger partial charge in [0, 0.05) is 23.0 Å². The van der Waals surface area contributed by atoms with E-state index in [-0.39, 0.29) is 11.6 Å². The number of aromatic nitrogens is 5. The highest BCUT2D eigenvalue weighted by Crippen LogP contribution is 2.33. The van der Waals surface area contributed by atoms with Crippen LogP contribution in [-0.4, -0.2) is 43.7 Å². The van der Waals surface area contributed by atoms with Crippen molar-refractivity contribution in [2.45, 2.75) is 39.3 Å². The number of nitrogens with zero attached hydrogens (tertiary/aromatic N) is 5. The third-order valence-corrected chi connectivity index (χ3v) is 6.29. The number of anilines is 1. The second-order valence-corrected chi connectivity index (χ2v) is 8.67. The standard InChI is InChI=1S/C24H27N7O/c1-15-12-18(13-16(2)26-15)20-21(17-8-5-4-6-9-17)27-23(25)31-22(20)28-30(24(31)32)14-19-10-7-11-29(19)3/h4-6,8-9,12-13,19H,7,10-11,14H2,1-3H3,(H2,25,27)/p+1. The average molecular weight is 431 g/mol. The molecule has 8 nitrogen and oxygen atoms in total. The predicted molar refractivity (Wildman–Crippen MR) is 124 cm³/mol. The molecule has 1 fully saturated rings. The third-order valence-electron chi connectivity index (χ3n) is 6.29. The SMILES string of the molecule is Cc1cc(-c2c(-c3ccccc3)[nH+]c(N)n3c(=O)n(CC4CCCN4C)nc23)cc(C)n1. The number of aryl methyl sites for hydroxylation is 2. The van der Waals surface area contributed by atoms with Crippen LogP contribution in [0.2, 0.25) is 0 Å². The number of benzene rings is 1. The fraction of sp³-hybridized carbons (Fsp3) is 0.333. The molecule has 1 aliphatic heterocycles. The minimum Gasteiger partial charge on any atom is -0.302 e. The summed E-state index contributed by atoms with van der Waals surface area (Å²) in [6.45, 7) is 5.53. The molecule has 3 N–H and O–H groups in total. The van der Waals surface area contributed by atoms with Crippen LogP contribution in [0.15, 0.2) is 47.3 Å². The summed E-state index contributed by atoms with van der Waals surface area (Å²) >= 11 is 0. The van der Waals surface area contributed by atoms with E-state index in [0.717, 1.165) is 53.2 Å². The minimum atomic E-state index is -0.225. The van der Waals surface area contributed by atoms with Crippen LogP contribution in [0.1, 0.15) is 24.2 Å². The number of hydrogen-bond acceptors (Lipinski definition) is 5. The molecule has 32 heavy (non-hydrogen) atoms. The molecule has 8 heteroatoms. The molecule has 1 unspecified atom stereocenters. The number of rotatable bonds is 4. The van der Waals surface area contributed by atoms with E-state index < -0.39 is 0 Å². The molecule has 0 saturated carbocycles. The molecule has 164 valence electrons. The Labute approximate surface area is 186 Å². The molecule has 1 aromatic carbocycles. The molecule has 0 bridgehead atoms. The van der Waals surface area contributed by atoms with Crippen molar-refractivity contribution < 1.29 is 4.98 Å². The van der Waals surface area contributed by atoms with Gasteiger partial charge in [-0.05, 0) is 58.0 Å². The van der Waals surface area contributed by atoms with Gasteiger partial charge >= 0.3 is 11.6 Å². The summed E-state index contributed by atoms with van der Waals surface area (Å²) < 4.78 is 3.05. The van der Waals surface area contributed by atoms with Gasteiger partial charge in [-0.1, -0.05) is 30.3 Å². The van der Waals surface area contributed by atoms with Gasteiger partial charge < -0.3 is 4.90 Å². The highest BCUT2D eigenvalue weighted by molar-refractivity contribution is 5.88. The first-order valence-electron chi connectivity index (χ1n) is 11.0. The Morgan fingerprint density at radius 3 is 2.50 bits per heavy atom. The summed E-state index contributed by atoms with van der Waals surface area (Å²) in [6.07, 6.45) is 2.20. The molecular weight excluding hydrogens is 402 g/mol. The van der Waals surface area contributed by atoms with E-state index in [1.165, 1.54) is 4.40 Å². The number of likely N-dealkylation sites (tertiary alicyclic amines) is 1. The Hall–Kier alpha value is -3.52. The topological polar surface area (TPSA) is 95.6 Å². The maximum absolute atomic E-state index is 13.3. The maximum atomic E-state index is 13.3. The molecule has 4 heterocycles. The Morgan fingerprint density at radius 2 is 1.84 bits per heavy atom. The van der Waals surface area contributed by atoms with Crippen LogP contribution in [0, 0.1) is 13.8 Å². The van der Waals surface area contributed by atoms with Crippen LogP contribution in [-0.2, 0) is 6.54 Å². The number of nitrogens with two attached hydrogens (primary N) is 1. The van der Waals surface area contributed by atoms with Crippen molar-refractivity contribution in [2.75, 3.05) is 19.3 Å². The van der Waals surface area contributed by atoms with E-state index in [1.807, 2.05) is 56.3 Å². The maximum Gasteiger partial charge on any atom is 0.411 e. The number of nitrogens with one attached hydrogen (secondary N) is 1. The zero-order chi connectivity index (χ0) is 22.4. The monoisotopic (exact) mass is 430 g/mol. The van der Waals surface area contributed by atoms with E-state index in [1.54, 1.807) is 4.68 Å². The Bertz CT molecular complexity index is 1340. The molecule has 4 aromatic rings. The number of aromatic amines is 1. The van der Waals surface area contributed by atoms with Crippen molar-refractivity contribution in [3.8, 4) is 22.4 Å². The van der Waals surface area contributed by atoms with Crippen LogP contribution >= 0.6 is 0 Å². The van der Waals surface area contributed by atoms with Gasteiger partial charge in [0.25, 0.3) is 0 Å². The molecule has 0 aliphatic carbocycles. The molecule has 1 aliphatic rings. The lowest BCUT2D eigenvalue weighted by Gasteiger charge is -2.17. The number of fused-ring (bicyclic) bond motifs is 1. The van der Waals surface area contributed by atoms with Crippen LogP contribution in [0.4, 0.5) is 5.95 Å². The van der Waals surface area contributed by atoms with E-state index in [0.29, 0.717) is 18.2 Å². The van der Waals surface area contributed by atoms with Crippen molar-refractivity contribution in [3.63, 3.8) is 0 Å². The Kier molecular flexibility index (Phi) is 5.01. The van der Waals surface area contributed by atoms with E-state index in [2.05, 4.69) is 21.9 Å². The lowest BCUT2D eigenvalue weighted by molar-refractivity contribution is -0.351. The summed E-state index contributed by atoms with van der Waals surface area (Å²) in [5, 5.41) is 4.81. The van der Waals surface area contributed by atoms with Crippen LogP contribution in [0.5, 0.6) is 0 Å². The summed E-state index contributed by atoms with van der Waals surface area (Å²) in [5.41, 5.74) is 12.1. The van der Waals surface area contributed by atoms with Gasteiger partial charge in [-0.15, -0.1) is 9.50 Å². The van der Waals surface area contributed by atoms with Gasteiger partial charge in [-0.25, -0.2) is 9.78 Å². The van der Waals surface area contributed by atoms with E-state index in [9.17, 15) is 4.79 Å². The average Bonchev–Trinajstić information content (AvgIpc) is 3.31. The molecule has 1 saturated heterocycles. The first-order chi connectivity index (χ1) is 15.4. The van der Waals surface area contributed by atoms with Crippen LogP contribution in [0.25, 0.3) is 28.0 Å². The smallest absolute Gasteiger partial charge is 0.302 e. The van der Waals surface area contributed by atoms with E-state index in [4.69, 9.17) is 10.8 Å². The molecule has 3 aromatic heterocycles. The molecule has 0 spiro atoms. The predicted octanol–water partition coefficient (Wildman–Crippen LogP) is 2.33. The molecule has 0 radical (unpaired) electrons. The second kappa shape index (κ2) is 7.87. The minimum absolute atomic E-state index is 0.225. The zero-order valence-corrected chi connectivity index (χ0v) is 18.7. The highest BCUT2D eigenvalue weighted by atomic mass is 16.2. The number of H-pyrrole nitrogens is 1. The summed E-state index contributed by atoms with van der Waals surface area (Å²) in [7, 11) is 2.10. The second-order valence-electron chi connectivity index (χ2n) is 8.67.